The van der Waals surface area contributed by atoms with Gasteiger partial charge >= 0.3 is 0 Å². The van der Waals surface area contributed by atoms with Crippen LogP contribution in [0.4, 0.5) is 0 Å². The summed E-state index contributed by atoms with van der Waals surface area (Å²) in [6, 6.07) is 9.51. The fraction of sp³-hybridized carbons (Fsp3) is 0.375. The van der Waals surface area contributed by atoms with Crippen molar-refractivity contribution in [3.8, 4) is 11.6 Å². The lowest BCUT2D eigenvalue weighted by atomic mass is 9.85. The van der Waals surface area contributed by atoms with Crippen LogP contribution in [-0.4, -0.2) is 15.3 Å². The number of aliphatic hydroxyl groups is 1. The largest absolute Gasteiger partial charge is 0.437 e. The molecule has 4 nitrogen and oxygen atoms in total. The fourth-order valence-electron chi connectivity index (χ4n) is 1.92. The molecule has 0 saturated carbocycles. The van der Waals surface area contributed by atoms with E-state index in [9.17, 15) is 0 Å². The van der Waals surface area contributed by atoms with E-state index in [1.807, 2.05) is 12.1 Å². The summed E-state index contributed by atoms with van der Waals surface area (Å²) in [5.41, 5.74) is 2.84. The van der Waals surface area contributed by atoms with Crippen molar-refractivity contribution in [3.63, 3.8) is 0 Å². The highest BCUT2D eigenvalue weighted by Crippen LogP contribution is 2.34. The highest BCUT2D eigenvalue weighted by atomic mass is 16.5. The van der Waals surface area contributed by atoms with E-state index in [1.54, 1.807) is 12.1 Å². The van der Waals surface area contributed by atoms with Gasteiger partial charge in [0.25, 0.3) is 0 Å². The zero-order chi connectivity index (χ0) is 14.8. The SMILES string of the molecule is Cc1ccc(Oc2ccc(CO)nn2)c(C(C)(C)C)c1. The summed E-state index contributed by atoms with van der Waals surface area (Å²) in [5.74, 6) is 1.21. The summed E-state index contributed by atoms with van der Waals surface area (Å²) in [6.45, 7) is 8.39. The molecule has 0 fully saturated rings. The summed E-state index contributed by atoms with van der Waals surface area (Å²) in [6.07, 6.45) is 0. The monoisotopic (exact) mass is 272 g/mol. The number of aliphatic hydroxyl groups excluding tert-OH is 1. The molecule has 0 bridgehead atoms. The number of hydrogen-bond acceptors (Lipinski definition) is 4. The van der Waals surface area contributed by atoms with Crippen molar-refractivity contribution in [2.45, 2.75) is 39.7 Å². The molecule has 0 radical (unpaired) electrons. The van der Waals surface area contributed by atoms with Crippen molar-refractivity contribution < 1.29 is 9.84 Å². The number of nitrogens with zero attached hydrogens (tertiary/aromatic N) is 2. The molecule has 1 heterocycles. The molecule has 4 heteroatoms. The first kappa shape index (κ1) is 14.5. The van der Waals surface area contributed by atoms with Crippen LogP contribution in [0.25, 0.3) is 0 Å². The van der Waals surface area contributed by atoms with Gasteiger partial charge in [-0.3, -0.25) is 0 Å². The third-order valence-corrected chi connectivity index (χ3v) is 3.01. The van der Waals surface area contributed by atoms with Crippen LogP contribution in [0.3, 0.4) is 0 Å². The second kappa shape index (κ2) is 5.59. The average Bonchev–Trinajstić information content (AvgIpc) is 2.40. The Morgan fingerprint density at radius 3 is 2.40 bits per heavy atom. The van der Waals surface area contributed by atoms with Crippen LogP contribution in [0.2, 0.25) is 0 Å². The number of aryl methyl sites for hydroxylation is 1. The molecule has 0 amide bonds. The minimum absolute atomic E-state index is 0.0141. The maximum atomic E-state index is 8.96. The molecule has 0 aliphatic heterocycles. The molecule has 0 unspecified atom stereocenters. The third kappa shape index (κ3) is 3.33. The van der Waals surface area contributed by atoms with E-state index in [0.29, 0.717) is 11.6 Å². The summed E-state index contributed by atoms with van der Waals surface area (Å²) in [5, 5.41) is 16.8. The second-order valence-electron chi connectivity index (χ2n) is 5.87. The van der Waals surface area contributed by atoms with Crippen molar-refractivity contribution in [1.82, 2.24) is 10.2 Å². The van der Waals surface area contributed by atoms with E-state index >= 15 is 0 Å². The molecule has 0 atom stereocenters. The normalized spacial score (nSPS) is 11.4. The molecule has 2 rings (SSSR count). The average molecular weight is 272 g/mol. The van der Waals surface area contributed by atoms with E-state index in [1.165, 1.54) is 5.56 Å². The molecular weight excluding hydrogens is 252 g/mol. The number of hydrogen-bond donors (Lipinski definition) is 1. The topological polar surface area (TPSA) is 55.2 Å². The quantitative estimate of drug-likeness (QED) is 0.930. The van der Waals surface area contributed by atoms with Gasteiger partial charge in [0, 0.05) is 11.6 Å². The molecule has 0 aliphatic carbocycles. The highest BCUT2D eigenvalue weighted by Gasteiger charge is 2.19. The summed E-state index contributed by atoms with van der Waals surface area (Å²) in [7, 11) is 0. The molecule has 0 aliphatic rings. The zero-order valence-corrected chi connectivity index (χ0v) is 12.3. The Labute approximate surface area is 119 Å². The van der Waals surface area contributed by atoms with E-state index in [-0.39, 0.29) is 12.0 Å². The van der Waals surface area contributed by atoms with Crippen LogP contribution in [0, 0.1) is 6.92 Å². The molecular formula is C16H20N2O2. The Bertz CT molecular complexity index is 586. The lowest BCUT2D eigenvalue weighted by molar-refractivity contribution is 0.274. The van der Waals surface area contributed by atoms with Crippen LogP contribution >= 0.6 is 0 Å². The summed E-state index contributed by atoms with van der Waals surface area (Å²) in [4.78, 5) is 0. The Hall–Kier alpha value is -1.94. The first-order chi connectivity index (χ1) is 9.40. The van der Waals surface area contributed by atoms with Crippen molar-refractivity contribution in [1.29, 1.82) is 0 Å². The van der Waals surface area contributed by atoms with Crippen molar-refractivity contribution in [2.75, 3.05) is 0 Å². The van der Waals surface area contributed by atoms with Gasteiger partial charge in [-0.25, -0.2) is 0 Å². The number of aromatic nitrogens is 2. The van der Waals surface area contributed by atoms with Crippen molar-refractivity contribution >= 4 is 0 Å². The van der Waals surface area contributed by atoms with Gasteiger partial charge in [0.2, 0.25) is 5.88 Å². The van der Waals surface area contributed by atoms with E-state index in [0.717, 1.165) is 11.3 Å². The van der Waals surface area contributed by atoms with Gasteiger partial charge in [-0.05, 0) is 24.5 Å². The van der Waals surface area contributed by atoms with Crippen molar-refractivity contribution in [2.24, 2.45) is 0 Å². The molecule has 2 aromatic rings. The Balaban J connectivity index is 2.32. The van der Waals surface area contributed by atoms with E-state index in [2.05, 4.69) is 44.0 Å². The van der Waals surface area contributed by atoms with E-state index in [4.69, 9.17) is 9.84 Å². The molecule has 1 N–H and O–H groups in total. The maximum absolute atomic E-state index is 8.96. The zero-order valence-electron chi connectivity index (χ0n) is 12.3. The first-order valence-corrected chi connectivity index (χ1v) is 6.62. The maximum Gasteiger partial charge on any atom is 0.238 e. The summed E-state index contributed by atoms with van der Waals surface area (Å²) < 4.78 is 5.84. The second-order valence-corrected chi connectivity index (χ2v) is 5.87. The molecule has 1 aromatic carbocycles. The molecule has 1 aromatic heterocycles. The predicted octanol–water partition coefficient (Wildman–Crippen LogP) is 3.37. The molecule has 106 valence electrons. The lowest BCUT2D eigenvalue weighted by Crippen LogP contribution is -2.13. The van der Waals surface area contributed by atoms with E-state index < -0.39 is 0 Å². The van der Waals surface area contributed by atoms with Gasteiger partial charge in [0.05, 0.1) is 12.3 Å². The number of ether oxygens (including phenoxy) is 1. The van der Waals surface area contributed by atoms with Gasteiger partial charge in [-0.2, -0.15) is 0 Å². The Kier molecular flexibility index (Phi) is 4.04. The third-order valence-electron chi connectivity index (χ3n) is 3.01. The fourth-order valence-corrected chi connectivity index (χ4v) is 1.92. The van der Waals surface area contributed by atoms with Crippen LogP contribution in [0.1, 0.15) is 37.6 Å². The minimum Gasteiger partial charge on any atom is -0.437 e. The predicted molar refractivity (Wildman–Crippen MR) is 77.9 cm³/mol. The molecule has 0 saturated heterocycles. The molecule has 0 spiro atoms. The standard InChI is InChI=1S/C16H20N2O2/c1-11-5-7-14(13(9-11)16(2,3)4)20-15-8-6-12(10-19)17-18-15/h5-9,19H,10H2,1-4H3. The summed E-state index contributed by atoms with van der Waals surface area (Å²) >= 11 is 0. The smallest absolute Gasteiger partial charge is 0.238 e. The highest BCUT2D eigenvalue weighted by molar-refractivity contribution is 5.42. The number of rotatable bonds is 3. The Morgan fingerprint density at radius 2 is 1.85 bits per heavy atom. The number of benzene rings is 1. The molecule has 20 heavy (non-hydrogen) atoms. The first-order valence-electron chi connectivity index (χ1n) is 6.62. The minimum atomic E-state index is -0.120. The van der Waals surface area contributed by atoms with Crippen LogP contribution in [0.15, 0.2) is 30.3 Å². The lowest BCUT2D eigenvalue weighted by Gasteiger charge is -2.23. The van der Waals surface area contributed by atoms with Gasteiger partial charge < -0.3 is 9.84 Å². The Morgan fingerprint density at radius 1 is 1.10 bits per heavy atom. The van der Waals surface area contributed by atoms with Gasteiger partial charge in [-0.1, -0.05) is 38.5 Å². The van der Waals surface area contributed by atoms with Crippen LogP contribution in [0.5, 0.6) is 11.6 Å². The van der Waals surface area contributed by atoms with Gasteiger partial charge in [0.1, 0.15) is 5.75 Å². The van der Waals surface area contributed by atoms with Crippen LogP contribution in [-0.2, 0) is 12.0 Å². The van der Waals surface area contributed by atoms with Gasteiger partial charge in [0.15, 0.2) is 0 Å². The van der Waals surface area contributed by atoms with Crippen molar-refractivity contribution in [3.05, 3.63) is 47.2 Å². The van der Waals surface area contributed by atoms with Gasteiger partial charge in [-0.15, -0.1) is 10.2 Å². The van der Waals surface area contributed by atoms with Crippen LogP contribution < -0.4 is 4.74 Å².